The van der Waals surface area contributed by atoms with E-state index in [1.54, 1.807) is 12.3 Å². The van der Waals surface area contributed by atoms with Crippen molar-refractivity contribution >= 4 is 11.6 Å². The van der Waals surface area contributed by atoms with Gasteiger partial charge in [-0.3, -0.25) is 9.78 Å². The first kappa shape index (κ1) is 14.3. The van der Waals surface area contributed by atoms with E-state index in [9.17, 15) is 4.79 Å². The number of pyridine rings is 1. The van der Waals surface area contributed by atoms with Crippen LogP contribution in [0.15, 0.2) is 54.7 Å². The predicted molar refractivity (Wildman–Crippen MR) is 87.9 cm³/mol. The zero-order valence-corrected chi connectivity index (χ0v) is 12.6. The van der Waals surface area contributed by atoms with Crippen LogP contribution in [0.1, 0.15) is 21.6 Å². The van der Waals surface area contributed by atoms with Gasteiger partial charge in [0.25, 0.3) is 5.91 Å². The van der Waals surface area contributed by atoms with Crippen LogP contribution in [0.25, 0.3) is 0 Å². The highest BCUT2D eigenvalue weighted by atomic mass is 16.1. The second kappa shape index (κ2) is 6.43. The van der Waals surface area contributed by atoms with Crippen LogP contribution in [0.3, 0.4) is 0 Å². The molecule has 0 fully saturated rings. The smallest absolute Gasteiger partial charge is 0.253 e. The topological polar surface area (TPSA) is 45.2 Å². The largest absolute Gasteiger partial charge is 0.364 e. The number of nitrogens with zero attached hydrogens (tertiary/aromatic N) is 2. The molecule has 22 heavy (non-hydrogen) atoms. The minimum absolute atomic E-state index is 0.0965. The molecule has 2 aromatic rings. The zero-order chi connectivity index (χ0) is 15.4. The van der Waals surface area contributed by atoms with E-state index in [-0.39, 0.29) is 5.91 Å². The number of aromatic nitrogens is 1. The predicted octanol–water partition coefficient (Wildman–Crippen LogP) is 2.70. The maximum Gasteiger partial charge on any atom is 0.253 e. The van der Waals surface area contributed by atoms with Crippen LogP contribution < -0.4 is 10.2 Å². The molecule has 0 saturated heterocycles. The summed E-state index contributed by atoms with van der Waals surface area (Å²) in [6.45, 7) is 4.32. The molecule has 1 N–H and O–H groups in total. The van der Waals surface area contributed by atoms with Gasteiger partial charge >= 0.3 is 0 Å². The molecule has 1 aromatic heterocycles. The Labute approximate surface area is 130 Å². The van der Waals surface area contributed by atoms with E-state index in [4.69, 9.17) is 0 Å². The maximum atomic E-state index is 12.1. The Morgan fingerprint density at radius 2 is 2.05 bits per heavy atom. The molecule has 1 aromatic carbocycles. The van der Waals surface area contributed by atoms with Crippen molar-refractivity contribution in [2.75, 3.05) is 18.0 Å². The van der Waals surface area contributed by atoms with Crippen LogP contribution in [0, 0.1) is 6.92 Å². The molecule has 1 aliphatic heterocycles. The van der Waals surface area contributed by atoms with Crippen molar-refractivity contribution in [3.05, 3.63) is 71.6 Å². The van der Waals surface area contributed by atoms with Crippen LogP contribution in [0.4, 0.5) is 5.69 Å². The number of aryl methyl sites for hydroxylation is 1. The fourth-order valence-corrected chi connectivity index (χ4v) is 2.44. The van der Waals surface area contributed by atoms with Gasteiger partial charge in [-0.25, -0.2) is 0 Å². The maximum absolute atomic E-state index is 12.1. The summed E-state index contributed by atoms with van der Waals surface area (Å²) in [5.41, 5.74) is 3.78. The molecule has 3 rings (SSSR count). The third kappa shape index (κ3) is 3.34. The average Bonchev–Trinajstić information content (AvgIpc) is 3.08. The van der Waals surface area contributed by atoms with E-state index >= 15 is 0 Å². The van der Waals surface area contributed by atoms with Gasteiger partial charge in [0.15, 0.2) is 0 Å². The molecule has 2 heterocycles. The van der Waals surface area contributed by atoms with Gasteiger partial charge in [-0.05, 0) is 36.8 Å². The summed E-state index contributed by atoms with van der Waals surface area (Å²) in [7, 11) is 0. The molecule has 0 saturated carbocycles. The molecule has 0 atom stereocenters. The van der Waals surface area contributed by atoms with Crippen LogP contribution in [0.2, 0.25) is 0 Å². The van der Waals surface area contributed by atoms with Crippen molar-refractivity contribution in [3.8, 4) is 0 Å². The summed E-state index contributed by atoms with van der Waals surface area (Å²) in [5.74, 6) is -0.0965. The van der Waals surface area contributed by atoms with Crippen molar-refractivity contribution < 1.29 is 4.79 Å². The number of anilines is 1. The molecule has 0 aliphatic carbocycles. The van der Waals surface area contributed by atoms with Crippen LogP contribution in [-0.2, 0) is 6.54 Å². The first-order valence-corrected chi connectivity index (χ1v) is 7.42. The minimum Gasteiger partial charge on any atom is -0.364 e. The van der Waals surface area contributed by atoms with Gasteiger partial charge in [-0.15, -0.1) is 0 Å². The zero-order valence-electron chi connectivity index (χ0n) is 12.6. The van der Waals surface area contributed by atoms with Gasteiger partial charge in [0.2, 0.25) is 0 Å². The van der Waals surface area contributed by atoms with E-state index in [2.05, 4.69) is 39.5 Å². The van der Waals surface area contributed by atoms with Crippen molar-refractivity contribution in [1.29, 1.82) is 0 Å². The summed E-state index contributed by atoms with van der Waals surface area (Å²) in [6, 6.07) is 11.9. The monoisotopic (exact) mass is 293 g/mol. The van der Waals surface area contributed by atoms with Crippen LogP contribution in [-0.4, -0.2) is 24.0 Å². The van der Waals surface area contributed by atoms with Gasteiger partial charge in [0, 0.05) is 37.2 Å². The van der Waals surface area contributed by atoms with Gasteiger partial charge in [0.1, 0.15) is 0 Å². The molecule has 1 amide bonds. The normalized spacial score (nSPS) is 13.4. The number of benzene rings is 1. The van der Waals surface area contributed by atoms with Crippen molar-refractivity contribution in [2.45, 2.75) is 13.5 Å². The summed E-state index contributed by atoms with van der Waals surface area (Å²) in [6.07, 6.45) is 5.94. The molecule has 0 unspecified atom stereocenters. The molecule has 1 aliphatic rings. The molecular formula is C18H19N3O. The lowest BCUT2D eigenvalue weighted by Gasteiger charge is -2.18. The van der Waals surface area contributed by atoms with E-state index in [1.165, 1.54) is 5.69 Å². The van der Waals surface area contributed by atoms with Gasteiger partial charge in [-0.2, -0.15) is 0 Å². The quantitative estimate of drug-likeness (QED) is 0.882. The Hall–Kier alpha value is -2.62. The van der Waals surface area contributed by atoms with E-state index in [0.717, 1.165) is 24.3 Å². The summed E-state index contributed by atoms with van der Waals surface area (Å²) in [4.78, 5) is 18.5. The molecule has 0 bridgehead atoms. The average molecular weight is 293 g/mol. The standard InChI is InChI=1S/C18H19N3O/c1-14-7-8-16(13-19-14)18(22)20-12-15-5-4-6-17(11-15)21-9-2-3-10-21/h2-8,11,13H,9-10,12H2,1H3,(H,20,22). The highest BCUT2D eigenvalue weighted by Gasteiger charge is 2.09. The lowest BCUT2D eigenvalue weighted by molar-refractivity contribution is 0.0950. The highest BCUT2D eigenvalue weighted by molar-refractivity contribution is 5.93. The van der Waals surface area contributed by atoms with Gasteiger partial charge in [0.05, 0.1) is 5.56 Å². The third-order valence-corrected chi connectivity index (χ3v) is 3.72. The molecular weight excluding hydrogens is 274 g/mol. The van der Waals surface area contributed by atoms with Crippen molar-refractivity contribution in [3.63, 3.8) is 0 Å². The summed E-state index contributed by atoms with van der Waals surface area (Å²) >= 11 is 0. The second-order valence-electron chi connectivity index (χ2n) is 5.42. The second-order valence-corrected chi connectivity index (χ2v) is 5.42. The molecule has 0 radical (unpaired) electrons. The van der Waals surface area contributed by atoms with Crippen molar-refractivity contribution in [2.24, 2.45) is 0 Å². The fourth-order valence-electron chi connectivity index (χ4n) is 2.44. The number of carbonyl (C=O) groups is 1. The third-order valence-electron chi connectivity index (χ3n) is 3.72. The van der Waals surface area contributed by atoms with E-state index in [1.807, 2.05) is 25.1 Å². The SMILES string of the molecule is Cc1ccc(C(=O)NCc2cccc(N3CC=CC3)c2)cn1. The number of amides is 1. The van der Waals surface area contributed by atoms with Gasteiger partial charge in [-0.1, -0.05) is 24.3 Å². The number of rotatable bonds is 4. The Morgan fingerprint density at radius 3 is 2.77 bits per heavy atom. The van der Waals surface area contributed by atoms with Gasteiger partial charge < -0.3 is 10.2 Å². The van der Waals surface area contributed by atoms with Crippen LogP contribution in [0.5, 0.6) is 0 Å². The number of hydrogen-bond acceptors (Lipinski definition) is 3. The number of nitrogens with one attached hydrogen (secondary N) is 1. The number of hydrogen-bond donors (Lipinski definition) is 1. The van der Waals surface area contributed by atoms with Crippen molar-refractivity contribution in [1.82, 2.24) is 10.3 Å². The van der Waals surface area contributed by atoms with Crippen LogP contribution >= 0.6 is 0 Å². The minimum atomic E-state index is -0.0965. The molecule has 0 spiro atoms. The van der Waals surface area contributed by atoms with E-state index < -0.39 is 0 Å². The molecule has 4 nitrogen and oxygen atoms in total. The summed E-state index contributed by atoms with van der Waals surface area (Å²) < 4.78 is 0. The fraction of sp³-hybridized carbons (Fsp3) is 0.222. The lowest BCUT2D eigenvalue weighted by atomic mass is 10.1. The van der Waals surface area contributed by atoms with E-state index in [0.29, 0.717) is 12.1 Å². The number of carbonyl (C=O) groups excluding carboxylic acids is 1. The molecule has 112 valence electrons. The molecule has 4 heteroatoms. The summed E-state index contributed by atoms with van der Waals surface area (Å²) in [5, 5.41) is 2.94. The lowest BCUT2D eigenvalue weighted by Crippen LogP contribution is -2.23. The first-order chi connectivity index (χ1) is 10.7. The Kier molecular flexibility index (Phi) is 4.19. The highest BCUT2D eigenvalue weighted by Crippen LogP contribution is 2.18. The Bertz CT molecular complexity index is 684. The Morgan fingerprint density at radius 1 is 1.23 bits per heavy atom. The Balaban J connectivity index is 1.62. The first-order valence-electron chi connectivity index (χ1n) is 7.42.